The van der Waals surface area contributed by atoms with Gasteiger partial charge in [0.2, 0.25) is 0 Å². The summed E-state index contributed by atoms with van der Waals surface area (Å²) in [5.74, 6) is -0.946. The Morgan fingerprint density at radius 2 is 1.66 bits per heavy atom. The summed E-state index contributed by atoms with van der Waals surface area (Å²) in [5, 5.41) is 9.86. The summed E-state index contributed by atoms with van der Waals surface area (Å²) in [6.07, 6.45) is 0.408. The van der Waals surface area contributed by atoms with E-state index in [-0.39, 0.29) is 11.2 Å². The van der Waals surface area contributed by atoms with Crippen molar-refractivity contribution in [3.05, 3.63) is 83.4 Å². The second kappa shape index (κ2) is 8.52. The van der Waals surface area contributed by atoms with Crippen LogP contribution in [0.3, 0.4) is 0 Å². The number of carbonyl (C=O) groups is 1. The summed E-state index contributed by atoms with van der Waals surface area (Å²) in [6, 6.07) is 20.9. The van der Waals surface area contributed by atoms with Gasteiger partial charge in [-0.2, -0.15) is 0 Å². The first kappa shape index (κ1) is 22.2. The molecule has 2 atom stereocenters. The highest BCUT2D eigenvalue weighted by atomic mass is 32.2. The summed E-state index contributed by atoms with van der Waals surface area (Å²) in [7, 11) is 0. The van der Waals surface area contributed by atoms with Gasteiger partial charge in [-0.3, -0.25) is 4.21 Å². The molecule has 1 aliphatic heterocycles. The largest absolute Gasteiger partial charge is 0.772 e. The standard InChI is InChI=1S/C26H27NO4S/c1-26(2,3)21-9-6-18(7-10-21)19-8-13-23-20(14-19)15-24(25(28)29)27(23)22-11-4-17(5-12-22)16-32(30)31/h4-14,24H,15-16H2,1-3H3,(H,28,29)(H,30,31)/p-1. The summed E-state index contributed by atoms with van der Waals surface area (Å²) in [4.78, 5) is 13.9. The SMILES string of the molecule is CC(C)(C)c1ccc(-c2ccc3c(c2)CC(C(=O)O)N3c2ccc(CS(=O)[O-])cc2)cc1. The lowest BCUT2D eigenvalue weighted by Crippen LogP contribution is -2.35. The van der Waals surface area contributed by atoms with E-state index >= 15 is 0 Å². The monoisotopic (exact) mass is 448 g/mol. The average Bonchev–Trinajstić information content (AvgIpc) is 3.12. The average molecular weight is 449 g/mol. The third kappa shape index (κ3) is 4.47. The molecule has 0 amide bonds. The number of hydrogen-bond acceptors (Lipinski definition) is 4. The number of fused-ring (bicyclic) bond motifs is 1. The second-order valence-corrected chi connectivity index (χ2v) is 10.1. The van der Waals surface area contributed by atoms with Crippen molar-refractivity contribution in [1.29, 1.82) is 0 Å². The van der Waals surface area contributed by atoms with Gasteiger partial charge in [-0.25, -0.2) is 4.79 Å². The zero-order chi connectivity index (χ0) is 23.0. The van der Waals surface area contributed by atoms with Crippen LogP contribution >= 0.6 is 0 Å². The van der Waals surface area contributed by atoms with Crippen LogP contribution < -0.4 is 4.90 Å². The first-order valence-corrected chi connectivity index (χ1v) is 11.8. The first-order valence-electron chi connectivity index (χ1n) is 10.5. The van der Waals surface area contributed by atoms with Crippen molar-refractivity contribution in [2.75, 3.05) is 4.90 Å². The molecule has 5 nitrogen and oxygen atoms in total. The van der Waals surface area contributed by atoms with Crippen molar-refractivity contribution in [3.8, 4) is 11.1 Å². The molecule has 1 aliphatic rings. The van der Waals surface area contributed by atoms with Gasteiger partial charge in [0, 0.05) is 23.5 Å². The summed E-state index contributed by atoms with van der Waals surface area (Å²) in [5.41, 5.74) is 6.77. The predicted molar refractivity (Wildman–Crippen MR) is 127 cm³/mol. The van der Waals surface area contributed by atoms with Crippen molar-refractivity contribution in [3.63, 3.8) is 0 Å². The molecule has 0 spiro atoms. The van der Waals surface area contributed by atoms with Crippen LogP contribution in [0, 0.1) is 0 Å². The van der Waals surface area contributed by atoms with Gasteiger partial charge in [0.1, 0.15) is 6.04 Å². The highest BCUT2D eigenvalue weighted by Gasteiger charge is 2.35. The van der Waals surface area contributed by atoms with E-state index in [4.69, 9.17) is 0 Å². The van der Waals surface area contributed by atoms with Crippen molar-refractivity contribution < 1.29 is 18.7 Å². The number of nitrogens with zero attached hydrogens (tertiary/aromatic N) is 1. The molecule has 3 aromatic rings. The minimum Gasteiger partial charge on any atom is -0.772 e. The Kier molecular flexibility index (Phi) is 5.93. The lowest BCUT2D eigenvalue weighted by Gasteiger charge is -2.25. The minimum atomic E-state index is -2.16. The molecule has 166 valence electrons. The molecule has 32 heavy (non-hydrogen) atoms. The lowest BCUT2D eigenvalue weighted by molar-refractivity contribution is -0.138. The van der Waals surface area contributed by atoms with Crippen LogP contribution in [0.5, 0.6) is 0 Å². The molecule has 1 N–H and O–H groups in total. The van der Waals surface area contributed by atoms with Gasteiger partial charge >= 0.3 is 5.97 Å². The molecule has 0 bridgehead atoms. The number of aliphatic carboxylic acids is 1. The topological polar surface area (TPSA) is 80.7 Å². The number of benzene rings is 3. The molecule has 0 fully saturated rings. The molecule has 0 saturated carbocycles. The molecule has 2 unspecified atom stereocenters. The molecule has 0 aliphatic carbocycles. The Labute approximate surface area is 191 Å². The maximum Gasteiger partial charge on any atom is 0.327 e. The molecule has 3 aromatic carbocycles. The van der Waals surface area contributed by atoms with Crippen molar-refractivity contribution in [2.45, 2.75) is 44.4 Å². The normalized spacial score (nSPS) is 16.6. The van der Waals surface area contributed by atoms with E-state index in [1.54, 1.807) is 24.3 Å². The van der Waals surface area contributed by atoms with Crippen LogP contribution in [-0.4, -0.2) is 25.9 Å². The Hall–Kier alpha value is -2.96. The van der Waals surface area contributed by atoms with E-state index in [0.29, 0.717) is 12.0 Å². The fourth-order valence-corrected chi connectivity index (χ4v) is 4.66. The second-order valence-electron chi connectivity index (χ2n) is 9.21. The molecule has 0 aromatic heterocycles. The summed E-state index contributed by atoms with van der Waals surface area (Å²) < 4.78 is 21.9. The van der Waals surface area contributed by atoms with Gasteiger partial charge in [0.15, 0.2) is 0 Å². The Balaban J connectivity index is 1.67. The van der Waals surface area contributed by atoms with Crippen LogP contribution in [0.2, 0.25) is 0 Å². The number of hydrogen-bond donors (Lipinski definition) is 1. The van der Waals surface area contributed by atoms with Gasteiger partial charge in [-0.05, 0) is 57.5 Å². The van der Waals surface area contributed by atoms with Crippen LogP contribution in [0.15, 0.2) is 66.7 Å². The Morgan fingerprint density at radius 3 is 2.22 bits per heavy atom. The maximum absolute atomic E-state index is 12.0. The lowest BCUT2D eigenvalue weighted by atomic mass is 9.86. The van der Waals surface area contributed by atoms with Gasteiger partial charge in [-0.15, -0.1) is 0 Å². The zero-order valence-electron chi connectivity index (χ0n) is 18.4. The molecular weight excluding hydrogens is 422 g/mol. The molecule has 0 saturated heterocycles. The molecule has 1 heterocycles. The van der Waals surface area contributed by atoms with Gasteiger partial charge in [0.05, 0.1) is 0 Å². The van der Waals surface area contributed by atoms with E-state index in [1.165, 1.54) is 5.56 Å². The van der Waals surface area contributed by atoms with E-state index in [1.807, 2.05) is 17.0 Å². The molecule has 4 rings (SSSR count). The smallest absolute Gasteiger partial charge is 0.327 e. The van der Waals surface area contributed by atoms with Crippen molar-refractivity contribution in [2.24, 2.45) is 0 Å². The minimum absolute atomic E-state index is 0.0589. The fourth-order valence-electron chi connectivity index (χ4n) is 4.20. The van der Waals surface area contributed by atoms with Crippen LogP contribution in [0.1, 0.15) is 37.5 Å². The van der Waals surface area contributed by atoms with E-state index in [9.17, 15) is 18.7 Å². The maximum atomic E-state index is 12.0. The summed E-state index contributed by atoms with van der Waals surface area (Å²) >= 11 is -2.16. The first-order chi connectivity index (χ1) is 15.1. The number of anilines is 2. The van der Waals surface area contributed by atoms with E-state index < -0.39 is 23.1 Å². The van der Waals surface area contributed by atoms with E-state index in [0.717, 1.165) is 28.1 Å². The number of carboxylic acid groups (broad SMARTS) is 1. The molecule has 0 radical (unpaired) electrons. The van der Waals surface area contributed by atoms with Crippen LogP contribution in [-0.2, 0) is 33.5 Å². The van der Waals surface area contributed by atoms with Crippen molar-refractivity contribution >= 4 is 28.4 Å². The predicted octanol–water partition coefficient (Wildman–Crippen LogP) is 5.18. The number of carboxylic acids is 1. The molecular formula is C26H26NO4S-. The highest BCUT2D eigenvalue weighted by molar-refractivity contribution is 7.78. The van der Waals surface area contributed by atoms with Gasteiger partial charge in [-0.1, -0.05) is 74.3 Å². The quantitative estimate of drug-likeness (QED) is 0.544. The van der Waals surface area contributed by atoms with Gasteiger partial charge < -0.3 is 14.6 Å². The summed E-state index contributed by atoms with van der Waals surface area (Å²) in [6.45, 7) is 6.56. The van der Waals surface area contributed by atoms with Crippen LogP contribution in [0.25, 0.3) is 11.1 Å². The Bertz CT molecular complexity index is 1160. The Morgan fingerprint density at radius 1 is 1.03 bits per heavy atom. The molecule has 6 heteroatoms. The van der Waals surface area contributed by atoms with Crippen molar-refractivity contribution in [1.82, 2.24) is 0 Å². The zero-order valence-corrected chi connectivity index (χ0v) is 19.2. The third-order valence-electron chi connectivity index (χ3n) is 5.93. The number of rotatable bonds is 5. The fraction of sp³-hybridized carbons (Fsp3) is 0.269. The highest BCUT2D eigenvalue weighted by Crippen LogP contribution is 2.40. The van der Waals surface area contributed by atoms with Crippen LogP contribution in [0.4, 0.5) is 11.4 Å². The third-order valence-corrected chi connectivity index (χ3v) is 6.50. The van der Waals surface area contributed by atoms with E-state index in [2.05, 4.69) is 51.1 Å². The van der Waals surface area contributed by atoms with Gasteiger partial charge in [0.25, 0.3) is 0 Å².